The summed E-state index contributed by atoms with van der Waals surface area (Å²) in [6.45, 7) is -0.445. The first-order chi connectivity index (χ1) is 12.8. The number of benzene rings is 1. The van der Waals surface area contributed by atoms with Gasteiger partial charge in [0.25, 0.3) is 5.91 Å². The molecule has 2 heterocycles. The summed E-state index contributed by atoms with van der Waals surface area (Å²) in [4.78, 5) is 33.8. The number of hydrogen-bond acceptors (Lipinski definition) is 7. The number of para-hydroxylation sites is 2. The van der Waals surface area contributed by atoms with E-state index in [1.54, 1.807) is 0 Å². The van der Waals surface area contributed by atoms with Crippen molar-refractivity contribution in [1.82, 2.24) is 14.9 Å². The molecule has 1 aromatic carbocycles. The molecular formula is C18H19N3O5S. The van der Waals surface area contributed by atoms with Crippen LogP contribution in [0.4, 0.5) is 0 Å². The number of esters is 1. The fourth-order valence-corrected chi connectivity index (χ4v) is 4.55. The van der Waals surface area contributed by atoms with Gasteiger partial charge in [-0.3, -0.25) is 9.78 Å². The average Bonchev–Trinajstić information content (AvgIpc) is 3.03. The molecule has 142 valence electrons. The van der Waals surface area contributed by atoms with Gasteiger partial charge in [0.1, 0.15) is 0 Å². The number of aromatic nitrogens is 2. The Labute approximate surface area is 156 Å². The third-order valence-electron chi connectivity index (χ3n) is 4.34. The van der Waals surface area contributed by atoms with Gasteiger partial charge < -0.3 is 9.64 Å². The SMILES string of the molecule is CN(C(=O)COC(=O)C=Cc1cnc2ccccc2n1)C1CCS(=O)(=O)C1. The number of likely N-dealkylation sites (N-methyl/N-ethyl adjacent to an activating group) is 1. The molecule has 0 spiro atoms. The Kier molecular flexibility index (Phi) is 5.50. The van der Waals surface area contributed by atoms with Gasteiger partial charge in [0, 0.05) is 19.2 Å². The van der Waals surface area contributed by atoms with Gasteiger partial charge in [0.15, 0.2) is 16.4 Å². The molecule has 0 saturated carbocycles. The van der Waals surface area contributed by atoms with E-state index in [1.165, 1.54) is 30.3 Å². The second-order valence-electron chi connectivity index (χ2n) is 6.29. The molecule has 0 radical (unpaired) electrons. The topological polar surface area (TPSA) is 107 Å². The highest BCUT2D eigenvalue weighted by Crippen LogP contribution is 2.16. The minimum Gasteiger partial charge on any atom is -0.452 e. The third kappa shape index (κ3) is 4.88. The van der Waals surface area contributed by atoms with Crippen LogP contribution < -0.4 is 0 Å². The molecule has 2 aromatic rings. The van der Waals surface area contributed by atoms with E-state index in [9.17, 15) is 18.0 Å². The van der Waals surface area contributed by atoms with Crippen molar-refractivity contribution in [2.24, 2.45) is 0 Å². The van der Waals surface area contributed by atoms with Gasteiger partial charge in [-0.1, -0.05) is 12.1 Å². The largest absolute Gasteiger partial charge is 0.452 e. The second-order valence-corrected chi connectivity index (χ2v) is 8.51. The van der Waals surface area contributed by atoms with Crippen molar-refractivity contribution < 1.29 is 22.7 Å². The Morgan fingerprint density at radius 1 is 1.30 bits per heavy atom. The van der Waals surface area contributed by atoms with Crippen molar-refractivity contribution in [3.63, 3.8) is 0 Å². The van der Waals surface area contributed by atoms with Crippen LogP contribution in [-0.2, 0) is 24.2 Å². The van der Waals surface area contributed by atoms with Gasteiger partial charge >= 0.3 is 5.97 Å². The molecule has 1 atom stereocenters. The zero-order chi connectivity index (χ0) is 19.4. The highest BCUT2D eigenvalue weighted by atomic mass is 32.2. The van der Waals surface area contributed by atoms with E-state index in [0.29, 0.717) is 17.6 Å². The summed E-state index contributed by atoms with van der Waals surface area (Å²) in [5.74, 6) is -1.11. The van der Waals surface area contributed by atoms with Crippen LogP contribution in [0.15, 0.2) is 36.5 Å². The summed E-state index contributed by atoms with van der Waals surface area (Å²) < 4.78 is 27.9. The molecule has 1 fully saturated rings. The quantitative estimate of drug-likeness (QED) is 0.551. The lowest BCUT2D eigenvalue weighted by molar-refractivity contribution is -0.148. The van der Waals surface area contributed by atoms with Gasteiger partial charge in [-0.2, -0.15) is 0 Å². The number of hydrogen-bond donors (Lipinski definition) is 0. The van der Waals surface area contributed by atoms with Crippen molar-refractivity contribution in [2.75, 3.05) is 25.2 Å². The summed E-state index contributed by atoms with van der Waals surface area (Å²) in [5, 5.41) is 0. The monoisotopic (exact) mass is 389 g/mol. The Morgan fingerprint density at radius 2 is 2.04 bits per heavy atom. The minimum atomic E-state index is -3.09. The molecule has 8 nitrogen and oxygen atoms in total. The number of nitrogens with zero attached hydrogens (tertiary/aromatic N) is 3. The van der Waals surface area contributed by atoms with E-state index in [0.717, 1.165) is 5.52 Å². The maximum Gasteiger partial charge on any atom is 0.331 e. The molecule has 1 aromatic heterocycles. The van der Waals surface area contributed by atoms with E-state index < -0.39 is 28.3 Å². The molecule has 1 saturated heterocycles. The minimum absolute atomic E-state index is 0.0519. The number of amides is 1. The van der Waals surface area contributed by atoms with Crippen LogP contribution >= 0.6 is 0 Å². The van der Waals surface area contributed by atoms with Crippen LogP contribution in [0.1, 0.15) is 12.1 Å². The smallest absolute Gasteiger partial charge is 0.331 e. The van der Waals surface area contributed by atoms with E-state index in [4.69, 9.17) is 4.74 Å². The summed E-state index contributed by atoms with van der Waals surface area (Å²) in [6.07, 6.45) is 4.57. The molecule has 3 rings (SSSR count). The van der Waals surface area contributed by atoms with Crippen molar-refractivity contribution in [1.29, 1.82) is 0 Å². The molecule has 1 aliphatic heterocycles. The molecule has 0 N–H and O–H groups in total. The Morgan fingerprint density at radius 3 is 2.74 bits per heavy atom. The van der Waals surface area contributed by atoms with E-state index in [1.807, 2.05) is 24.3 Å². The molecule has 1 unspecified atom stereocenters. The van der Waals surface area contributed by atoms with E-state index in [2.05, 4.69) is 9.97 Å². The first-order valence-corrected chi connectivity index (χ1v) is 10.2. The van der Waals surface area contributed by atoms with Crippen LogP contribution in [-0.4, -0.2) is 66.4 Å². The molecular weight excluding hydrogens is 370 g/mol. The highest BCUT2D eigenvalue weighted by molar-refractivity contribution is 7.91. The first-order valence-electron chi connectivity index (χ1n) is 8.37. The number of carbonyl (C=O) groups is 2. The standard InChI is InChI=1S/C18H19N3O5S/c1-21(14-8-9-27(24,25)12-14)17(22)11-26-18(23)7-6-13-10-19-15-4-2-3-5-16(15)20-13/h2-7,10,14H,8-9,11-12H2,1H3. The van der Waals surface area contributed by atoms with Crippen molar-refractivity contribution in [3.05, 3.63) is 42.2 Å². The third-order valence-corrected chi connectivity index (χ3v) is 6.10. The Hall–Kier alpha value is -2.81. The van der Waals surface area contributed by atoms with Crippen molar-refractivity contribution >= 4 is 38.8 Å². The zero-order valence-electron chi connectivity index (χ0n) is 14.7. The van der Waals surface area contributed by atoms with Crippen LogP contribution in [0.25, 0.3) is 17.1 Å². The molecule has 1 amide bonds. The van der Waals surface area contributed by atoms with Gasteiger partial charge in [-0.05, 0) is 24.6 Å². The predicted molar refractivity (Wildman–Crippen MR) is 99.4 cm³/mol. The lowest BCUT2D eigenvalue weighted by atomic mass is 10.2. The van der Waals surface area contributed by atoms with Crippen LogP contribution in [0, 0.1) is 0 Å². The number of carbonyl (C=O) groups excluding carboxylic acids is 2. The number of rotatable bonds is 5. The number of ether oxygens (including phenoxy) is 1. The van der Waals surface area contributed by atoms with Crippen LogP contribution in [0.3, 0.4) is 0 Å². The Balaban J connectivity index is 1.52. The average molecular weight is 389 g/mol. The fraction of sp³-hybridized carbons (Fsp3) is 0.333. The lowest BCUT2D eigenvalue weighted by Crippen LogP contribution is -2.40. The maximum atomic E-state index is 12.1. The number of sulfone groups is 1. The van der Waals surface area contributed by atoms with Crippen LogP contribution in [0.2, 0.25) is 0 Å². The molecule has 27 heavy (non-hydrogen) atoms. The summed E-state index contributed by atoms with van der Waals surface area (Å²) >= 11 is 0. The van der Waals surface area contributed by atoms with Crippen molar-refractivity contribution in [2.45, 2.75) is 12.5 Å². The first kappa shape index (κ1) is 19.0. The molecule has 1 aliphatic rings. The maximum absolute atomic E-state index is 12.1. The van der Waals surface area contributed by atoms with Gasteiger partial charge in [0.05, 0.1) is 34.4 Å². The van der Waals surface area contributed by atoms with Crippen molar-refractivity contribution in [3.8, 4) is 0 Å². The van der Waals surface area contributed by atoms with Gasteiger partial charge in [0.2, 0.25) is 0 Å². The van der Waals surface area contributed by atoms with E-state index >= 15 is 0 Å². The zero-order valence-corrected chi connectivity index (χ0v) is 15.6. The summed E-state index contributed by atoms with van der Waals surface area (Å²) in [5.41, 5.74) is 1.95. The molecule has 9 heteroatoms. The van der Waals surface area contributed by atoms with Gasteiger partial charge in [-0.15, -0.1) is 0 Å². The normalized spacial score (nSPS) is 18.6. The highest BCUT2D eigenvalue weighted by Gasteiger charge is 2.32. The van der Waals surface area contributed by atoms with Crippen LogP contribution in [0.5, 0.6) is 0 Å². The predicted octanol–water partition coefficient (Wildman–Crippen LogP) is 0.832. The fourth-order valence-electron chi connectivity index (χ4n) is 2.77. The molecule has 0 aliphatic carbocycles. The Bertz CT molecular complexity index is 1000. The lowest BCUT2D eigenvalue weighted by Gasteiger charge is -2.22. The summed E-state index contributed by atoms with van der Waals surface area (Å²) in [6, 6.07) is 6.98. The summed E-state index contributed by atoms with van der Waals surface area (Å²) in [7, 11) is -1.57. The second kappa shape index (κ2) is 7.83. The van der Waals surface area contributed by atoms with E-state index in [-0.39, 0.29) is 17.5 Å². The van der Waals surface area contributed by atoms with Gasteiger partial charge in [-0.25, -0.2) is 18.2 Å². The molecule has 0 bridgehead atoms. The number of fused-ring (bicyclic) bond motifs is 1.